The fourth-order valence-electron chi connectivity index (χ4n) is 2.21. The lowest BCUT2D eigenvalue weighted by molar-refractivity contribution is 0.884. The molecule has 98 valence electrons. The zero-order valence-electron chi connectivity index (χ0n) is 10.3. The van der Waals surface area contributed by atoms with Crippen LogP contribution in [0.3, 0.4) is 0 Å². The van der Waals surface area contributed by atoms with Crippen LogP contribution >= 0.6 is 23.2 Å². The third kappa shape index (κ3) is 2.05. The van der Waals surface area contributed by atoms with Gasteiger partial charge in [-0.1, -0.05) is 48.7 Å². The van der Waals surface area contributed by atoms with Gasteiger partial charge < -0.3 is 0 Å². The molecule has 0 aliphatic carbocycles. The molecule has 1 aromatic carbocycles. The van der Waals surface area contributed by atoms with Gasteiger partial charge in [-0.15, -0.1) is 10.2 Å². The van der Waals surface area contributed by atoms with E-state index in [1.54, 1.807) is 0 Å². The normalized spacial score (nSPS) is 11.8. The van der Waals surface area contributed by atoms with E-state index >= 15 is 0 Å². The van der Waals surface area contributed by atoms with E-state index in [2.05, 4.69) is 22.1 Å². The van der Waals surface area contributed by atoms with Crippen molar-refractivity contribution in [3.05, 3.63) is 35.8 Å². The number of aryl methyl sites for hydroxylation is 1. The van der Waals surface area contributed by atoms with Gasteiger partial charge in [0.25, 0.3) is 0 Å². The number of alkyl halides is 2. The molecule has 0 bridgehead atoms. The number of rotatable bonds is 3. The van der Waals surface area contributed by atoms with Crippen LogP contribution in [0.25, 0.3) is 16.7 Å². The van der Waals surface area contributed by atoms with Gasteiger partial charge in [-0.05, 0) is 18.6 Å². The molecule has 0 saturated heterocycles. The molecule has 0 radical (unpaired) electrons. The van der Waals surface area contributed by atoms with Gasteiger partial charge in [0.2, 0.25) is 0 Å². The van der Waals surface area contributed by atoms with Crippen LogP contribution in [-0.4, -0.2) is 19.6 Å². The summed E-state index contributed by atoms with van der Waals surface area (Å²) < 4.78 is 1.90. The molecule has 0 aliphatic heterocycles. The fourth-order valence-corrected chi connectivity index (χ4v) is 2.49. The minimum absolute atomic E-state index is 0.536. The Balaban J connectivity index is 2.44. The lowest BCUT2D eigenvalue weighted by atomic mass is 10.2. The molecule has 0 amide bonds. The number of fused-ring (bicyclic) bond motifs is 3. The minimum atomic E-state index is -0.713. The van der Waals surface area contributed by atoms with Crippen molar-refractivity contribution < 1.29 is 0 Å². The standard InChI is InChI=1S/C13H12Cl2N4/c1-2-5-9-12-17-18-13(11(14)15)19(12)10-7-4-3-6-8(10)16-9/h3-4,6-7,11H,2,5H2,1H3. The lowest BCUT2D eigenvalue weighted by Gasteiger charge is -2.08. The molecule has 2 heterocycles. The van der Waals surface area contributed by atoms with Crippen molar-refractivity contribution in [2.24, 2.45) is 0 Å². The predicted octanol–water partition coefficient (Wildman–Crippen LogP) is 3.71. The second-order valence-electron chi connectivity index (χ2n) is 4.32. The van der Waals surface area contributed by atoms with Crippen molar-refractivity contribution in [3.8, 4) is 0 Å². The summed E-state index contributed by atoms with van der Waals surface area (Å²) in [5, 5.41) is 8.29. The molecule has 0 atom stereocenters. The molecular weight excluding hydrogens is 283 g/mol. The van der Waals surface area contributed by atoms with Crippen molar-refractivity contribution in [1.82, 2.24) is 19.6 Å². The Morgan fingerprint density at radius 3 is 2.74 bits per heavy atom. The first-order chi connectivity index (χ1) is 9.22. The molecule has 6 heteroatoms. The summed E-state index contributed by atoms with van der Waals surface area (Å²) in [4.78, 5) is 3.94. The summed E-state index contributed by atoms with van der Waals surface area (Å²) >= 11 is 11.9. The van der Waals surface area contributed by atoms with Crippen LogP contribution < -0.4 is 0 Å². The van der Waals surface area contributed by atoms with E-state index in [9.17, 15) is 0 Å². The fraction of sp³-hybridized carbons (Fsp3) is 0.308. The number of aromatic nitrogens is 4. The first-order valence-electron chi connectivity index (χ1n) is 6.13. The van der Waals surface area contributed by atoms with E-state index in [0.717, 1.165) is 35.2 Å². The van der Waals surface area contributed by atoms with Gasteiger partial charge in [0.05, 0.1) is 16.7 Å². The zero-order valence-corrected chi connectivity index (χ0v) is 11.9. The van der Waals surface area contributed by atoms with Crippen LogP contribution in [0.1, 0.15) is 29.7 Å². The Morgan fingerprint density at radius 1 is 1.21 bits per heavy atom. The molecule has 0 unspecified atom stereocenters. The van der Waals surface area contributed by atoms with Gasteiger partial charge in [0, 0.05) is 0 Å². The van der Waals surface area contributed by atoms with Crippen LogP contribution in [0.15, 0.2) is 24.3 Å². The van der Waals surface area contributed by atoms with E-state index in [4.69, 9.17) is 23.2 Å². The van der Waals surface area contributed by atoms with Crippen molar-refractivity contribution >= 4 is 39.9 Å². The summed E-state index contributed by atoms with van der Waals surface area (Å²) in [5.41, 5.74) is 3.48. The maximum atomic E-state index is 5.97. The Hall–Kier alpha value is -1.39. The monoisotopic (exact) mass is 294 g/mol. The number of hydrogen-bond donors (Lipinski definition) is 0. The average Bonchev–Trinajstić information content (AvgIpc) is 2.84. The molecule has 2 aromatic heterocycles. The molecule has 4 nitrogen and oxygen atoms in total. The predicted molar refractivity (Wildman–Crippen MR) is 76.7 cm³/mol. The molecule has 0 fully saturated rings. The van der Waals surface area contributed by atoms with Crippen LogP contribution in [0.4, 0.5) is 0 Å². The molecule has 0 N–H and O–H groups in total. The maximum Gasteiger partial charge on any atom is 0.183 e. The molecule has 3 rings (SSSR count). The Kier molecular flexibility index (Phi) is 3.29. The van der Waals surface area contributed by atoms with E-state index in [-0.39, 0.29) is 0 Å². The summed E-state index contributed by atoms with van der Waals surface area (Å²) in [6.45, 7) is 2.11. The van der Waals surface area contributed by atoms with Gasteiger partial charge in [-0.3, -0.25) is 4.40 Å². The summed E-state index contributed by atoms with van der Waals surface area (Å²) in [5.74, 6) is 0.536. The highest BCUT2D eigenvalue weighted by Gasteiger charge is 2.18. The highest BCUT2D eigenvalue weighted by molar-refractivity contribution is 6.43. The molecular formula is C13H12Cl2N4. The average molecular weight is 295 g/mol. The van der Waals surface area contributed by atoms with E-state index in [1.165, 1.54) is 0 Å². The van der Waals surface area contributed by atoms with E-state index < -0.39 is 4.84 Å². The lowest BCUT2D eigenvalue weighted by Crippen LogP contribution is -2.01. The van der Waals surface area contributed by atoms with Crippen LogP contribution in [0.5, 0.6) is 0 Å². The molecule has 19 heavy (non-hydrogen) atoms. The molecule has 0 aliphatic rings. The SMILES string of the molecule is CCCc1nc2ccccc2n2c(C(Cl)Cl)nnc12. The molecule has 0 saturated carbocycles. The molecule has 3 aromatic rings. The smallest absolute Gasteiger partial charge is 0.183 e. The third-order valence-electron chi connectivity index (χ3n) is 3.01. The van der Waals surface area contributed by atoms with Gasteiger partial charge in [0.15, 0.2) is 16.3 Å². The van der Waals surface area contributed by atoms with E-state index in [0.29, 0.717) is 5.82 Å². The number of halogens is 2. The number of nitrogens with zero attached hydrogens (tertiary/aromatic N) is 4. The minimum Gasteiger partial charge on any atom is -0.273 e. The highest BCUT2D eigenvalue weighted by atomic mass is 35.5. The van der Waals surface area contributed by atoms with Crippen LogP contribution in [-0.2, 0) is 6.42 Å². The topological polar surface area (TPSA) is 43.1 Å². The summed E-state index contributed by atoms with van der Waals surface area (Å²) in [6, 6.07) is 7.84. The first-order valence-corrected chi connectivity index (χ1v) is 7.00. The first kappa shape index (κ1) is 12.6. The Morgan fingerprint density at radius 2 is 2.00 bits per heavy atom. The van der Waals surface area contributed by atoms with Gasteiger partial charge >= 0.3 is 0 Å². The number of para-hydroxylation sites is 2. The quantitative estimate of drug-likeness (QED) is 0.692. The van der Waals surface area contributed by atoms with Crippen molar-refractivity contribution in [1.29, 1.82) is 0 Å². The highest BCUT2D eigenvalue weighted by Crippen LogP contribution is 2.27. The largest absolute Gasteiger partial charge is 0.273 e. The summed E-state index contributed by atoms with van der Waals surface area (Å²) in [6.07, 6.45) is 1.84. The van der Waals surface area contributed by atoms with Crippen molar-refractivity contribution in [2.45, 2.75) is 24.6 Å². The second kappa shape index (κ2) is 4.94. The van der Waals surface area contributed by atoms with Gasteiger partial charge in [0.1, 0.15) is 0 Å². The van der Waals surface area contributed by atoms with Gasteiger partial charge in [-0.2, -0.15) is 0 Å². The van der Waals surface area contributed by atoms with Crippen LogP contribution in [0, 0.1) is 0 Å². The van der Waals surface area contributed by atoms with Crippen LogP contribution in [0.2, 0.25) is 0 Å². The number of hydrogen-bond acceptors (Lipinski definition) is 3. The van der Waals surface area contributed by atoms with Crippen molar-refractivity contribution in [3.63, 3.8) is 0 Å². The van der Waals surface area contributed by atoms with Crippen molar-refractivity contribution in [2.75, 3.05) is 0 Å². The Labute approximate surface area is 120 Å². The van der Waals surface area contributed by atoms with E-state index in [1.807, 2.05) is 28.7 Å². The number of benzene rings is 1. The zero-order chi connectivity index (χ0) is 13.4. The Bertz CT molecular complexity index is 736. The third-order valence-corrected chi connectivity index (χ3v) is 3.40. The van der Waals surface area contributed by atoms with Gasteiger partial charge in [-0.25, -0.2) is 4.98 Å². The maximum absolute atomic E-state index is 5.97. The molecule has 0 spiro atoms. The second-order valence-corrected chi connectivity index (χ2v) is 5.41. The summed E-state index contributed by atoms with van der Waals surface area (Å²) in [7, 11) is 0.